The number of hydrogen-bond donors (Lipinski definition) is 0. The maximum absolute atomic E-state index is 2.34. The molecule has 0 atom stereocenters. The molecule has 0 aliphatic carbocycles. The SMILES string of the molecule is CC[CH2][Sn+]([CH2]CC)[CH2]CC.[OH-]. The van der Waals surface area contributed by atoms with Crippen molar-refractivity contribution in [2.24, 2.45) is 0 Å². The van der Waals surface area contributed by atoms with Crippen LogP contribution in [0.25, 0.3) is 0 Å². The van der Waals surface area contributed by atoms with Crippen LogP contribution in [-0.2, 0) is 0 Å². The zero-order valence-corrected chi connectivity index (χ0v) is 11.0. The first-order valence-electron chi connectivity index (χ1n) is 4.68. The van der Waals surface area contributed by atoms with Gasteiger partial charge < -0.3 is 5.48 Å². The fraction of sp³-hybridized carbons (Fsp3) is 1.00. The van der Waals surface area contributed by atoms with E-state index in [0.717, 1.165) is 0 Å². The molecule has 0 fully saturated rings. The molecule has 0 amide bonds. The van der Waals surface area contributed by atoms with E-state index in [1.807, 2.05) is 0 Å². The van der Waals surface area contributed by atoms with Crippen molar-refractivity contribution in [2.75, 3.05) is 0 Å². The predicted molar refractivity (Wildman–Crippen MR) is 53.0 cm³/mol. The Kier molecular flexibility index (Phi) is 14.0. The molecular weight excluding hydrogens is 243 g/mol. The van der Waals surface area contributed by atoms with Gasteiger partial charge >= 0.3 is 73.1 Å². The second-order valence-corrected chi connectivity index (χ2v) is 11.6. The van der Waals surface area contributed by atoms with Gasteiger partial charge in [0.25, 0.3) is 0 Å². The van der Waals surface area contributed by atoms with E-state index in [1.54, 1.807) is 13.3 Å². The molecule has 0 saturated heterocycles. The summed E-state index contributed by atoms with van der Waals surface area (Å²) in [6, 6.07) is 0. The number of hydrogen-bond acceptors (Lipinski definition) is 1. The fourth-order valence-corrected chi connectivity index (χ4v) is 9.63. The third-order valence-electron chi connectivity index (χ3n) is 1.81. The molecule has 0 rings (SSSR count). The molecular formula is C9H22OSn. The summed E-state index contributed by atoms with van der Waals surface area (Å²) in [6.07, 6.45) is 4.36. The van der Waals surface area contributed by atoms with Gasteiger partial charge in [0.2, 0.25) is 0 Å². The summed E-state index contributed by atoms with van der Waals surface area (Å²) in [5.41, 5.74) is 0. The molecule has 2 heteroatoms. The van der Waals surface area contributed by atoms with E-state index in [9.17, 15) is 0 Å². The second-order valence-electron chi connectivity index (χ2n) is 3.00. The molecule has 0 aromatic heterocycles. The van der Waals surface area contributed by atoms with Gasteiger partial charge in [-0.25, -0.2) is 0 Å². The van der Waals surface area contributed by atoms with Crippen molar-refractivity contribution in [1.29, 1.82) is 0 Å². The minimum atomic E-state index is -0.759. The largest absolute Gasteiger partial charge is 0.870 e. The Balaban J connectivity index is 0. The predicted octanol–water partition coefficient (Wildman–Crippen LogP) is 3.53. The molecule has 0 spiro atoms. The van der Waals surface area contributed by atoms with Gasteiger partial charge in [-0.15, -0.1) is 0 Å². The van der Waals surface area contributed by atoms with E-state index < -0.39 is 19.8 Å². The molecule has 0 saturated carbocycles. The summed E-state index contributed by atoms with van der Waals surface area (Å²) in [4.78, 5) is 0. The van der Waals surface area contributed by atoms with Crippen LogP contribution >= 0.6 is 0 Å². The average Bonchev–Trinajstić information content (AvgIpc) is 1.90. The van der Waals surface area contributed by atoms with Crippen LogP contribution in [0.3, 0.4) is 0 Å². The zero-order valence-electron chi connectivity index (χ0n) is 8.19. The smallest absolute Gasteiger partial charge is 0.870 e. The molecule has 1 N–H and O–H groups in total. The van der Waals surface area contributed by atoms with Crippen molar-refractivity contribution in [3.63, 3.8) is 0 Å². The summed E-state index contributed by atoms with van der Waals surface area (Å²) in [5, 5.41) is 0. The van der Waals surface area contributed by atoms with Crippen molar-refractivity contribution < 1.29 is 5.48 Å². The molecule has 0 radical (unpaired) electrons. The Morgan fingerprint density at radius 2 is 1.00 bits per heavy atom. The molecule has 0 aromatic rings. The van der Waals surface area contributed by atoms with E-state index >= 15 is 0 Å². The molecule has 0 heterocycles. The third-order valence-corrected chi connectivity index (χ3v) is 12.1. The Bertz CT molecular complexity index is 52.3. The van der Waals surface area contributed by atoms with E-state index in [0.29, 0.717) is 0 Å². The molecule has 0 aliphatic rings. The van der Waals surface area contributed by atoms with E-state index in [2.05, 4.69) is 20.8 Å². The van der Waals surface area contributed by atoms with Crippen molar-refractivity contribution >= 4 is 19.8 Å². The Labute approximate surface area is 78.6 Å². The maximum Gasteiger partial charge on any atom is -0.870 e. The van der Waals surface area contributed by atoms with Crippen LogP contribution in [0.4, 0.5) is 0 Å². The monoisotopic (exact) mass is 266 g/mol. The first kappa shape index (κ1) is 14.3. The van der Waals surface area contributed by atoms with Crippen LogP contribution in [-0.4, -0.2) is 25.2 Å². The summed E-state index contributed by atoms with van der Waals surface area (Å²) in [7, 11) is 0. The Morgan fingerprint density at radius 3 is 1.18 bits per heavy atom. The third kappa shape index (κ3) is 8.67. The Hall–Kier alpha value is 0.759. The summed E-state index contributed by atoms with van der Waals surface area (Å²) >= 11 is -0.759. The van der Waals surface area contributed by atoms with E-state index in [4.69, 9.17) is 0 Å². The molecule has 11 heavy (non-hydrogen) atoms. The van der Waals surface area contributed by atoms with Gasteiger partial charge in [-0.05, 0) is 0 Å². The van der Waals surface area contributed by atoms with Gasteiger partial charge in [0, 0.05) is 0 Å². The van der Waals surface area contributed by atoms with Gasteiger partial charge in [-0.2, -0.15) is 0 Å². The standard InChI is InChI=1S/3C3H7.H2O.Sn/c3*1-3-2;;/h3*1,3H2,2H3;1H2;/q;;;;+1/p-1. The summed E-state index contributed by atoms with van der Waals surface area (Å²) < 4.78 is 4.93. The van der Waals surface area contributed by atoms with Crippen LogP contribution in [0.1, 0.15) is 40.0 Å². The molecule has 1 nitrogen and oxygen atoms in total. The molecule has 0 aliphatic heterocycles. The van der Waals surface area contributed by atoms with Gasteiger partial charge in [0.05, 0.1) is 0 Å². The van der Waals surface area contributed by atoms with Crippen LogP contribution in [0.5, 0.6) is 0 Å². The van der Waals surface area contributed by atoms with Crippen LogP contribution in [0.15, 0.2) is 0 Å². The van der Waals surface area contributed by atoms with Crippen LogP contribution < -0.4 is 0 Å². The number of rotatable bonds is 6. The normalized spacial score (nSPS) is 9.00. The quantitative estimate of drug-likeness (QED) is 0.675. The topological polar surface area (TPSA) is 30.0 Å². The molecule has 68 valence electrons. The minimum absolute atomic E-state index is 0. The minimum Gasteiger partial charge on any atom is -0.870 e. The van der Waals surface area contributed by atoms with E-state index in [1.165, 1.54) is 19.3 Å². The summed E-state index contributed by atoms with van der Waals surface area (Å²) in [6.45, 7) is 7.02. The Morgan fingerprint density at radius 1 is 0.727 bits per heavy atom. The molecule has 0 aromatic carbocycles. The van der Waals surface area contributed by atoms with Gasteiger partial charge in [0.1, 0.15) is 0 Å². The zero-order chi connectivity index (χ0) is 7.82. The van der Waals surface area contributed by atoms with Crippen molar-refractivity contribution in [3.8, 4) is 0 Å². The van der Waals surface area contributed by atoms with Crippen LogP contribution in [0.2, 0.25) is 13.3 Å². The van der Waals surface area contributed by atoms with Gasteiger partial charge in [-0.3, -0.25) is 0 Å². The van der Waals surface area contributed by atoms with E-state index in [-0.39, 0.29) is 5.48 Å². The van der Waals surface area contributed by atoms with Crippen molar-refractivity contribution in [3.05, 3.63) is 0 Å². The fourth-order valence-electron chi connectivity index (χ4n) is 1.44. The van der Waals surface area contributed by atoms with Gasteiger partial charge in [0.15, 0.2) is 0 Å². The van der Waals surface area contributed by atoms with Gasteiger partial charge in [-0.1, -0.05) is 0 Å². The van der Waals surface area contributed by atoms with Crippen molar-refractivity contribution in [2.45, 2.75) is 53.3 Å². The molecule has 0 bridgehead atoms. The summed E-state index contributed by atoms with van der Waals surface area (Å²) in [5.74, 6) is 0. The first-order valence-corrected chi connectivity index (χ1v) is 10.7. The second kappa shape index (κ2) is 10.8. The maximum atomic E-state index is 2.34. The van der Waals surface area contributed by atoms with Crippen LogP contribution in [0, 0.1) is 0 Å². The van der Waals surface area contributed by atoms with Crippen molar-refractivity contribution in [1.82, 2.24) is 0 Å². The average molecular weight is 265 g/mol. The first-order chi connectivity index (χ1) is 4.85. The molecule has 0 unspecified atom stereocenters.